The number of halogens is 3. The van der Waals surface area contributed by atoms with Gasteiger partial charge in [-0.3, -0.25) is 4.57 Å². The molecular formula is C15H22F2IN5OS. The fourth-order valence-electron chi connectivity index (χ4n) is 2.06. The second-order valence-corrected chi connectivity index (χ2v) is 6.28. The Bertz CT molecular complexity index is 661. The van der Waals surface area contributed by atoms with E-state index in [4.69, 9.17) is 0 Å². The largest absolute Gasteiger partial charge is 0.383 e. The lowest BCUT2D eigenvalue weighted by molar-refractivity contribution is 0.0655. The molecule has 0 amide bonds. The zero-order chi connectivity index (χ0) is 17.6. The summed E-state index contributed by atoms with van der Waals surface area (Å²) in [4.78, 5) is 8.98. The molecule has 2 rings (SSSR count). The summed E-state index contributed by atoms with van der Waals surface area (Å²) in [6.07, 6.45) is 2.54. The molecule has 0 radical (unpaired) electrons. The topological polar surface area (TPSA) is 74.5 Å². The van der Waals surface area contributed by atoms with Gasteiger partial charge in [0.25, 0.3) is 0 Å². The van der Waals surface area contributed by atoms with E-state index in [1.54, 1.807) is 6.92 Å². The van der Waals surface area contributed by atoms with Gasteiger partial charge < -0.3 is 15.7 Å². The number of aliphatic imine (C=N–C) groups is 1. The Kier molecular flexibility index (Phi) is 8.73. The lowest BCUT2D eigenvalue weighted by atomic mass is 10.1. The summed E-state index contributed by atoms with van der Waals surface area (Å²) in [5.74, 6) is 0.602. The Morgan fingerprint density at radius 2 is 2.24 bits per heavy atom. The average Bonchev–Trinajstić information content (AvgIpc) is 3.20. The molecule has 0 aromatic carbocycles. The predicted molar refractivity (Wildman–Crippen MR) is 106 cm³/mol. The molecule has 1 atom stereocenters. The van der Waals surface area contributed by atoms with Gasteiger partial charge in [-0.05, 0) is 25.3 Å². The third-order valence-corrected chi connectivity index (χ3v) is 4.46. The molecule has 3 N–H and O–H groups in total. The van der Waals surface area contributed by atoms with Crippen LogP contribution in [0, 0.1) is 0 Å². The van der Waals surface area contributed by atoms with Crippen molar-refractivity contribution in [1.29, 1.82) is 0 Å². The summed E-state index contributed by atoms with van der Waals surface area (Å²) in [6, 6.07) is 3.73. The maximum Gasteiger partial charge on any atom is 0.319 e. The van der Waals surface area contributed by atoms with E-state index in [2.05, 4.69) is 20.6 Å². The number of thiophene rings is 1. The highest BCUT2D eigenvalue weighted by Gasteiger charge is 2.24. The number of hydrogen-bond acceptors (Lipinski definition) is 4. The lowest BCUT2D eigenvalue weighted by Gasteiger charge is -2.23. The van der Waals surface area contributed by atoms with Crippen LogP contribution in [-0.4, -0.2) is 33.7 Å². The lowest BCUT2D eigenvalue weighted by Crippen LogP contribution is -2.44. The minimum Gasteiger partial charge on any atom is -0.383 e. The molecule has 2 aromatic rings. The van der Waals surface area contributed by atoms with Gasteiger partial charge in [-0.1, -0.05) is 6.07 Å². The maximum absolute atomic E-state index is 12.8. The summed E-state index contributed by atoms with van der Waals surface area (Å²) in [5.41, 5.74) is -1.05. The number of guanidine groups is 1. The third kappa shape index (κ3) is 6.19. The normalized spacial score (nSPS) is 14.1. The second-order valence-electron chi connectivity index (χ2n) is 5.33. The molecule has 0 aliphatic rings. The highest BCUT2D eigenvalue weighted by atomic mass is 127. The van der Waals surface area contributed by atoms with Crippen molar-refractivity contribution in [2.45, 2.75) is 32.5 Å². The first-order valence-electron chi connectivity index (χ1n) is 7.52. The number of alkyl halides is 2. The molecule has 140 valence electrons. The van der Waals surface area contributed by atoms with Crippen LogP contribution in [0.4, 0.5) is 8.78 Å². The standard InChI is InChI=1S/C15H21F2N5OS.HI/c1-3-18-14(20-9-12-19-6-7-22(12)13(16)17)21-10-15(2,23)11-5-4-8-24-11;/h4-8,13,23H,3,9-10H2,1-2H3,(H2,18,20,21);1H. The van der Waals surface area contributed by atoms with Gasteiger partial charge in [0.15, 0.2) is 5.96 Å². The van der Waals surface area contributed by atoms with Crippen LogP contribution < -0.4 is 10.6 Å². The number of nitrogens with one attached hydrogen (secondary N) is 2. The van der Waals surface area contributed by atoms with E-state index in [1.165, 1.54) is 23.7 Å². The molecule has 0 fully saturated rings. The van der Waals surface area contributed by atoms with Gasteiger partial charge >= 0.3 is 6.55 Å². The van der Waals surface area contributed by atoms with Gasteiger partial charge in [-0.2, -0.15) is 8.78 Å². The second kappa shape index (κ2) is 10.0. The van der Waals surface area contributed by atoms with Crippen molar-refractivity contribution in [3.05, 3.63) is 40.6 Å². The van der Waals surface area contributed by atoms with E-state index < -0.39 is 12.2 Å². The molecule has 6 nitrogen and oxygen atoms in total. The van der Waals surface area contributed by atoms with E-state index >= 15 is 0 Å². The SMILES string of the molecule is CCNC(=NCc1nccn1C(F)F)NCC(C)(O)c1cccs1.I. The van der Waals surface area contributed by atoms with Gasteiger partial charge in [0, 0.05) is 23.8 Å². The van der Waals surface area contributed by atoms with Crippen molar-refractivity contribution in [3.8, 4) is 0 Å². The molecule has 0 bridgehead atoms. The maximum atomic E-state index is 12.8. The van der Waals surface area contributed by atoms with E-state index in [9.17, 15) is 13.9 Å². The number of aliphatic hydroxyl groups is 1. The Hall–Kier alpha value is -1.27. The molecule has 0 saturated carbocycles. The number of aromatic nitrogens is 2. The number of nitrogens with zero attached hydrogens (tertiary/aromatic N) is 3. The van der Waals surface area contributed by atoms with E-state index in [-0.39, 0.29) is 42.9 Å². The number of imidazole rings is 1. The van der Waals surface area contributed by atoms with Crippen LogP contribution >= 0.6 is 35.3 Å². The Morgan fingerprint density at radius 1 is 1.48 bits per heavy atom. The Morgan fingerprint density at radius 3 is 2.84 bits per heavy atom. The van der Waals surface area contributed by atoms with Crippen LogP contribution in [0.3, 0.4) is 0 Å². The number of hydrogen-bond donors (Lipinski definition) is 3. The summed E-state index contributed by atoms with van der Waals surface area (Å²) in [6.45, 7) is 1.81. The average molecular weight is 485 g/mol. The monoisotopic (exact) mass is 485 g/mol. The van der Waals surface area contributed by atoms with E-state index in [1.807, 2.05) is 24.4 Å². The highest BCUT2D eigenvalue weighted by Crippen LogP contribution is 2.24. The smallest absolute Gasteiger partial charge is 0.319 e. The summed E-state index contributed by atoms with van der Waals surface area (Å²) >= 11 is 1.46. The van der Waals surface area contributed by atoms with Gasteiger partial charge in [0.05, 0.1) is 6.54 Å². The fraction of sp³-hybridized carbons (Fsp3) is 0.467. The molecule has 1 unspecified atom stereocenters. The van der Waals surface area contributed by atoms with Gasteiger partial charge in [-0.15, -0.1) is 35.3 Å². The molecule has 0 aliphatic carbocycles. The minimum atomic E-state index is -2.65. The van der Waals surface area contributed by atoms with Crippen LogP contribution in [0.25, 0.3) is 0 Å². The predicted octanol–water partition coefficient (Wildman–Crippen LogP) is 2.92. The minimum absolute atomic E-state index is 0. The fourth-order valence-corrected chi connectivity index (χ4v) is 2.85. The van der Waals surface area contributed by atoms with Crippen LogP contribution in [-0.2, 0) is 12.1 Å². The third-order valence-electron chi connectivity index (χ3n) is 3.33. The van der Waals surface area contributed by atoms with Crippen molar-refractivity contribution < 1.29 is 13.9 Å². The first kappa shape index (κ1) is 21.8. The van der Waals surface area contributed by atoms with Crippen molar-refractivity contribution in [2.75, 3.05) is 13.1 Å². The van der Waals surface area contributed by atoms with E-state index in [0.717, 1.165) is 9.44 Å². The van der Waals surface area contributed by atoms with Crippen molar-refractivity contribution in [3.63, 3.8) is 0 Å². The molecule has 10 heteroatoms. The van der Waals surface area contributed by atoms with Crippen molar-refractivity contribution >= 4 is 41.3 Å². The molecule has 0 spiro atoms. The number of rotatable bonds is 7. The van der Waals surface area contributed by atoms with E-state index in [0.29, 0.717) is 12.5 Å². The summed E-state index contributed by atoms with van der Waals surface area (Å²) in [7, 11) is 0. The van der Waals surface area contributed by atoms with Crippen LogP contribution in [0.5, 0.6) is 0 Å². The quantitative estimate of drug-likeness (QED) is 0.321. The highest BCUT2D eigenvalue weighted by molar-refractivity contribution is 14.0. The first-order valence-corrected chi connectivity index (χ1v) is 8.40. The van der Waals surface area contributed by atoms with Gasteiger partial charge in [0.1, 0.15) is 18.0 Å². The van der Waals surface area contributed by atoms with Crippen LogP contribution in [0.2, 0.25) is 0 Å². The zero-order valence-electron chi connectivity index (χ0n) is 13.9. The van der Waals surface area contributed by atoms with Crippen LogP contribution in [0.15, 0.2) is 34.9 Å². The van der Waals surface area contributed by atoms with Crippen LogP contribution in [0.1, 0.15) is 31.1 Å². The summed E-state index contributed by atoms with van der Waals surface area (Å²) in [5, 5.41) is 18.5. The summed E-state index contributed by atoms with van der Waals surface area (Å²) < 4.78 is 26.4. The Balaban J connectivity index is 0.00000312. The van der Waals surface area contributed by atoms with Crippen molar-refractivity contribution in [2.24, 2.45) is 4.99 Å². The first-order chi connectivity index (χ1) is 11.4. The molecule has 0 aliphatic heterocycles. The Labute approximate surface area is 166 Å². The zero-order valence-corrected chi connectivity index (χ0v) is 17.1. The molecule has 0 saturated heterocycles. The molecule has 2 aromatic heterocycles. The molecule has 25 heavy (non-hydrogen) atoms. The molecular weight excluding hydrogens is 463 g/mol. The van der Waals surface area contributed by atoms with Crippen molar-refractivity contribution in [1.82, 2.24) is 20.2 Å². The van der Waals surface area contributed by atoms with Gasteiger partial charge in [0.2, 0.25) is 0 Å². The van der Waals surface area contributed by atoms with Gasteiger partial charge in [-0.25, -0.2) is 9.98 Å². The molecule has 2 heterocycles.